The van der Waals surface area contributed by atoms with Crippen LogP contribution in [-0.4, -0.2) is 12.7 Å². The fourth-order valence-electron chi connectivity index (χ4n) is 1.36. The molecule has 0 aliphatic heterocycles. The molecule has 0 heterocycles. The van der Waals surface area contributed by atoms with Gasteiger partial charge in [0.1, 0.15) is 11.6 Å². The molecule has 2 rings (SSSR count). The van der Waals surface area contributed by atoms with Gasteiger partial charge in [0, 0.05) is 6.21 Å². The Morgan fingerprint density at radius 2 is 1.60 bits per heavy atom. The van der Waals surface area contributed by atoms with E-state index >= 15 is 0 Å². The van der Waals surface area contributed by atoms with Gasteiger partial charge in [-0.1, -0.05) is 0 Å². The van der Waals surface area contributed by atoms with Gasteiger partial charge in [-0.05, 0) is 54.1 Å². The number of carbonyl (C=O) groups excluding carboxylic acids is 1. The van der Waals surface area contributed by atoms with E-state index in [2.05, 4.69) is 22.6 Å². The topological polar surface area (TPSA) is 38.7 Å². The fourth-order valence-corrected chi connectivity index (χ4v) is 1.36. The van der Waals surface area contributed by atoms with Crippen LogP contribution in [0.15, 0.2) is 53.5 Å². The van der Waals surface area contributed by atoms with E-state index in [1.54, 1.807) is 42.6 Å². The highest BCUT2D eigenvalue weighted by Crippen LogP contribution is 2.14. The first-order valence-electron chi connectivity index (χ1n) is 5.61. The summed E-state index contributed by atoms with van der Waals surface area (Å²) in [7, 11) is 0. The molecule has 0 spiro atoms. The maximum absolute atomic E-state index is 12.7. The smallest absolute Gasteiger partial charge is 0.298 e. The summed E-state index contributed by atoms with van der Waals surface area (Å²) in [5.41, 5.74) is 1.53. The largest absolute Gasteiger partial charge is 0.429 e. The Balaban J connectivity index is 0.000000956. The van der Waals surface area contributed by atoms with Gasteiger partial charge in [0.25, 0.3) is 6.47 Å². The minimum absolute atomic E-state index is 0.288. The molecule has 0 aliphatic carbocycles. The number of carbonyl (C=O) groups is 1. The number of terminal acetylenes is 1. The number of ether oxygens (including phenoxy) is 1. The van der Waals surface area contributed by atoms with Gasteiger partial charge < -0.3 is 4.74 Å². The molecule has 0 N–H and O–H groups in total. The molecular formula is C16H12FNO2. The molecule has 100 valence electrons. The molecule has 20 heavy (non-hydrogen) atoms. The number of nitrogens with zero attached hydrogens (tertiary/aromatic N) is 1. The van der Waals surface area contributed by atoms with Crippen LogP contribution in [0.1, 0.15) is 5.56 Å². The van der Waals surface area contributed by atoms with Gasteiger partial charge in [-0.15, -0.1) is 12.8 Å². The van der Waals surface area contributed by atoms with Crippen molar-refractivity contribution in [1.82, 2.24) is 0 Å². The van der Waals surface area contributed by atoms with Crippen molar-refractivity contribution in [1.29, 1.82) is 0 Å². The number of benzene rings is 2. The van der Waals surface area contributed by atoms with Crippen molar-refractivity contribution in [2.75, 3.05) is 0 Å². The van der Waals surface area contributed by atoms with Crippen LogP contribution in [0.5, 0.6) is 5.75 Å². The predicted molar refractivity (Wildman–Crippen MR) is 76.7 cm³/mol. The van der Waals surface area contributed by atoms with Crippen molar-refractivity contribution in [2.45, 2.75) is 0 Å². The van der Waals surface area contributed by atoms with E-state index in [1.807, 2.05) is 0 Å². The molecular weight excluding hydrogens is 257 g/mol. The van der Waals surface area contributed by atoms with Crippen LogP contribution < -0.4 is 4.74 Å². The zero-order valence-corrected chi connectivity index (χ0v) is 10.6. The molecule has 0 amide bonds. The highest BCUT2D eigenvalue weighted by atomic mass is 19.1. The average molecular weight is 269 g/mol. The molecule has 3 nitrogen and oxygen atoms in total. The van der Waals surface area contributed by atoms with Crippen LogP contribution in [0.25, 0.3) is 0 Å². The van der Waals surface area contributed by atoms with E-state index in [-0.39, 0.29) is 5.82 Å². The molecule has 0 unspecified atom stereocenters. The Morgan fingerprint density at radius 1 is 1.00 bits per heavy atom. The van der Waals surface area contributed by atoms with Gasteiger partial charge >= 0.3 is 0 Å². The van der Waals surface area contributed by atoms with Crippen molar-refractivity contribution < 1.29 is 13.9 Å². The van der Waals surface area contributed by atoms with Crippen molar-refractivity contribution in [3.8, 4) is 18.6 Å². The molecule has 2 aromatic rings. The van der Waals surface area contributed by atoms with E-state index < -0.39 is 0 Å². The van der Waals surface area contributed by atoms with E-state index in [4.69, 9.17) is 0 Å². The third-order valence-corrected chi connectivity index (χ3v) is 2.25. The number of halogens is 1. The highest BCUT2D eigenvalue weighted by Gasteiger charge is 1.93. The van der Waals surface area contributed by atoms with Crippen LogP contribution in [0, 0.1) is 18.7 Å². The van der Waals surface area contributed by atoms with E-state index in [0.29, 0.717) is 17.9 Å². The van der Waals surface area contributed by atoms with E-state index in [1.165, 1.54) is 12.1 Å². The third-order valence-electron chi connectivity index (χ3n) is 2.25. The summed E-state index contributed by atoms with van der Waals surface area (Å²) in [6.45, 7) is 0.377. The standard InChI is InChI=1S/C14H10FNO2.C2H2/c15-12-3-5-13(6-4-12)16-9-11-1-7-14(8-2-11)18-10-17;1-2/h1-10H;1-2H. The lowest BCUT2D eigenvalue weighted by Gasteiger charge is -1.97. The van der Waals surface area contributed by atoms with Crippen LogP contribution in [0.3, 0.4) is 0 Å². The fraction of sp³-hybridized carbons (Fsp3) is 0. The average Bonchev–Trinajstić information content (AvgIpc) is 2.50. The van der Waals surface area contributed by atoms with Crippen molar-refractivity contribution in [3.63, 3.8) is 0 Å². The third kappa shape index (κ3) is 4.75. The lowest BCUT2D eigenvalue weighted by Crippen LogP contribution is -1.88. The summed E-state index contributed by atoms with van der Waals surface area (Å²) in [6, 6.07) is 12.8. The molecule has 0 atom stereocenters. The zero-order chi connectivity index (χ0) is 14.8. The second-order valence-electron chi connectivity index (χ2n) is 3.52. The number of hydrogen-bond donors (Lipinski definition) is 0. The minimum Gasteiger partial charge on any atom is -0.429 e. The van der Waals surface area contributed by atoms with E-state index in [0.717, 1.165) is 5.56 Å². The summed E-state index contributed by atoms with van der Waals surface area (Å²) >= 11 is 0. The Labute approximate surface area is 116 Å². The van der Waals surface area contributed by atoms with Gasteiger partial charge in [0.15, 0.2) is 0 Å². The van der Waals surface area contributed by atoms with Crippen molar-refractivity contribution in [2.24, 2.45) is 4.99 Å². The lowest BCUT2D eigenvalue weighted by atomic mass is 10.2. The van der Waals surface area contributed by atoms with Crippen LogP contribution in [0.4, 0.5) is 10.1 Å². The maximum atomic E-state index is 12.7. The SMILES string of the molecule is C#C.O=COc1ccc(C=Nc2ccc(F)cc2)cc1. The van der Waals surface area contributed by atoms with E-state index in [9.17, 15) is 9.18 Å². The van der Waals surface area contributed by atoms with Crippen LogP contribution in [0.2, 0.25) is 0 Å². The molecule has 0 bridgehead atoms. The molecule has 0 aromatic heterocycles. The Kier molecular flexibility index (Phi) is 6.22. The van der Waals surface area contributed by atoms with Gasteiger partial charge in [0.2, 0.25) is 0 Å². The van der Waals surface area contributed by atoms with Gasteiger partial charge in [-0.2, -0.15) is 0 Å². The summed E-state index contributed by atoms with van der Waals surface area (Å²) in [6.07, 6.45) is 9.65. The molecule has 0 radical (unpaired) electrons. The second-order valence-corrected chi connectivity index (χ2v) is 3.52. The number of aliphatic imine (C=N–C) groups is 1. The summed E-state index contributed by atoms with van der Waals surface area (Å²) < 4.78 is 17.3. The Bertz CT molecular complexity index is 586. The first-order valence-corrected chi connectivity index (χ1v) is 5.61. The molecule has 0 saturated heterocycles. The molecule has 0 aliphatic rings. The van der Waals surface area contributed by atoms with Gasteiger partial charge in [0.05, 0.1) is 5.69 Å². The summed E-state index contributed by atoms with van der Waals surface area (Å²) in [4.78, 5) is 14.3. The zero-order valence-electron chi connectivity index (χ0n) is 10.6. The molecule has 4 heteroatoms. The maximum Gasteiger partial charge on any atom is 0.298 e. The van der Waals surface area contributed by atoms with Gasteiger partial charge in [-0.25, -0.2) is 4.39 Å². The second kappa shape index (κ2) is 8.22. The molecule has 0 saturated carbocycles. The Hall–Kier alpha value is -2.93. The van der Waals surface area contributed by atoms with Crippen LogP contribution in [-0.2, 0) is 4.79 Å². The number of rotatable bonds is 4. The summed E-state index contributed by atoms with van der Waals surface area (Å²) in [5, 5.41) is 0. The minimum atomic E-state index is -0.288. The van der Waals surface area contributed by atoms with Crippen molar-refractivity contribution >= 4 is 18.4 Å². The number of hydrogen-bond acceptors (Lipinski definition) is 3. The van der Waals surface area contributed by atoms with Gasteiger partial charge in [-0.3, -0.25) is 9.79 Å². The Morgan fingerprint density at radius 3 is 2.15 bits per heavy atom. The monoisotopic (exact) mass is 269 g/mol. The predicted octanol–water partition coefficient (Wildman–Crippen LogP) is 3.36. The highest BCUT2D eigenvalue weighted by molar-refractivity contribution is 5.82. The summed E-state index contributed by atoms with van der Waals surface area (Å²) in [5.74, 6) is 0.188. The quantitative estimate of drug-likeness (QED) is 0.485. The molecule has 2 aromatic carbocycles. The molecule has 0 fully saturated rings. The normalized spacial score (nSPS) is 9.55. The first kappa shape index (κ1) is 15.1. The van der Waals surface area contributed by atoms with Crippen LogP contribution >= 0.6 is 0 Å². The lowest BCUT2D eigenvalue weighted by molar-refractivity contribution is -0.120. The van der Waals surface area contributed by atoms with Crippen molar-refractivity contribution in [3.05, 3.63) is 59.9 Å². The first-order chi connectivity index (χ1) is 9.78.